The predicted octanol–water partition coefficient (Wildman–Crippen LogP) is 3.92. The van der Waals surface area contributed by atoms with Crippen LogP contribution in [0.15, 0.2) is 48.5 Å². The number of alkyl carbamates (subject to hydrolysis) is 1. The SMILES string of the molecule is O=C(O)CC(NC(=O)C(NC(=O)OCC1c2ccccc2-c2ccccc21)C1CCC1)C(F)F. The molecule has 2 aliphatic rings. The predicted molar refractivity (Wildman–Crippen MR) is 120 cm³/mol. The third-order valence-electron chi connectivity index (χ3n) is 6.55. The highest BCUT2D eigenvalue weighted by molar-refractivity contribution is 5.87. The molecule has 1 saturated carbocycles. The lowest BCUT2D eigenvalue weighted by Crippen LogP contribution is -2.56. The maximum atomic E-state index is 13.2. The van der Waals surface area contributed by atoms with Gasteiger partial charge < -0.3 is 20.5 Å². The Hall–Kier alpha value is -3.49. The minimum atomic E-state index is -3.04. The van der Waals surface area contributed by atoms with Gasteiger partial charge in [-0.05, 0) is 41.0 Å². The van der Waals surface area contributed by atoms with Crippen LogP contribution in [-0.2, 0) is 14.3 Å². The molecule has 180 valence electrons. The lowest BCUT2D eigenvalue weighted by molar-refractivity contribution is -0.139. The summed E-state index contributed by atoms with van der Waals surface area (Å²) >= 11 is 0. The number of carboxylic acids is 1. The smallest absolute Gasteiger partial charge is 0.407 e. The normalized spacial score (nSPS) is 16.7. The summed E-state index contributed by atoms with van der Waals surface area (Å²) in [6, 6.07) is 12.8. The number of carbonyl (C=O) groups is 3. The number of nitrogens with one attached hydrogen (secondary N) is 2. The van der Waals surface area contributed by atoms with Crippen molar-refractivity contribution < 1.29 is 33.0 Å². The molecule has 0 bridgehead atoms. The number of ether oxygens (including phenoxy) is 1. The second-order valence-corrected chi connectivity index (χ2v) is 8.69. The second-order valence-electron chi connectivity index (χ2n) is 8.69. The van der Waals surface area contributed by atoms with Crippen LogP contribution in [0.4, 0.5) is 13.6 Å². The van der Waals surface area contributed by atoms with Crippen LogP contribution in [0.25, 0.3) is 11.1 Å². The Balaban J connectivity index is 1.41. The number of benzene rings is 2. The number of amides is 2. The van der Waals surface area contributed by atoms with Crippen molar-refractivity contribution in [3.05, 3.63) is 59.7 Å². The van der Waals surface area contributed by atoms with E-state index in [1.807, 2.05) is 48.5 Å². The van der Waals surface area contributed by atoms with Crippen LogP contribution in [0.3, 0.4) is 0 Å². The lowest BCUT2D eigenvalue weighted by Gasteiger charge is -2.34. The number of hydrogen-bond acceptors (Lipinski definition) is 4. The van der Waals surface area contributed by atoms with Gasteiger partial charge in [-0.15, -0.1) is 0 Å². The molecule has 0 aromatic heterocycles. The third-order valence-corrected chi connectivity index (χ3v) is 6.55. The molecule has 3 N–H and O–H groups in total. The van der Waals surface area contributed by atoms with Crippen molar-refractivity contribution in [1.82, 2.24) is 10.6 Å². The highest BCUT2D eigenvalue weighted by Gasteiger charge is 2.37. The van der Waals surface area contributed by atoms with Crippen LogP contribution in [-0.4, -0.2) is 48.2 Å². The molecule has 7 nitrogen and oxygen atoms in total. The van der Waals surface area contributed by atoms with Crippen molar-refractivity contribution in [3.8, 4) is 11.1 Å². The molecule has 2 aliphatic carbocycles. The zero-order valence-electron chi connectivity index (χ0n) is 18.4. The van der Waals surface area contributed by atoms with E-state index in [1.54, 1.807) is 0 Å². The standard InChI is InChI=1S/C25H26F2N2O5/c26-23(27)20(12-21(30)31)28-24(32)22(14-6-5-7-14)29-25(33)34-13-19-17-10-3-1-8-15(17)16-9-2-4-11-18(16)19/h1-4,8-11,14,19-20,22-23H,5-7,12-13H2,(H,28,32)(H,29,33)(H,30,31). The number of halogens is 2. The van der Waals surface area contributed by atoms with Gasteiger partial charge >= 0.3 is 12.1 Å². The number of fused-ring (bicyclic) bond motifs is 3. The molecular weight excluding hydrogens is 446 g/mol. The Bertz CT molecular complexity index is 1030. The van der Waals surface area contributed by atoms with Gasteiger partial charge in [-0.1, -0.05) is 55.0 Å². The minimum Gasteiger partial charge on any atom is -0.481 e. The van der Waals surface area contributed by atoms with E-state index >= 15 is 0 Å². The van der Waals surface area contributed by atoms with Crippen LogP contribution in [0.1, 0.15) is 42.7 Å². The number of carbonyl (C=O) groups excluding carboxylic acids is 2. The molecule has 1 fully saturated rings. The first-order chi connectivity index (χ1) is 16.3. The van der Waals surface area contributed by atoms with Gasteiger partial charge in [0.2, 0.25) is 5.91 Å². The molecule has 0 spiro atoms. The topological polar surface area (TPSA) is 105 Å². The zero-order valence-corrected chi connectivity index (χ0v) is 18.4. The van der Waals surface area contributed by atoms with Crippen molar-refractivity contribution in [3.63, 3.8) is 0 Å². The summed E-state index contributed by atoms with van der Waals surface area (Å²) in [5.74, 6) is -2.66. The average Bonchev–Trinajstić information content (AvgIpc) is 3.09. The summed E-state index contributed by atoms with van der Waals surface area (Å²) in [5.41, 5.74) is 4.24. The monoisotopic (exact) mass is 472 g/mol. The van der Waals surface area contributed by atoms with Gasteiger partial charge in [0.1, 0.15) is 18.7 Å². The molecule has 2 atom stereocenters. The number of carboxylic acid groups (broad SMARTS) is 1. The quantitative estimate of drug-likeness (QED) is 0.513. The largest absolute Gasteiger partial charge is 0.481 e. The fraction of sp³-hybridized carbons (Fsp3) is 0.400. The molecule has 2 unspecified atom stereocenters. The number of alkyl halides is 2. The summed E-state index contributed by atoms with van der Waals surface area (Å²) < 4.78 is 31.9. The highest BCUT2D eigenvalue weighted by Crippen LogP contribution is 2.44. The summed E-state index contributed by atoms with van der Waals surface area (Å²) in [7, 11) is 0. The van der Waals surface area contributed by atoms with Gasteiger partial charge in [-0.2, -0.15) is 0 Å². The Labute approximate surface area is 195 Å². The van der Waals surface area contributed by atoms with Crippen molar-refractivity contribution in [1.29, 1.82) is 0 Å². The van der Waals surface area contributed by atoms with E-state index in [2.05, 4.69) is 10.6 Å². The first kappa shape index (κ1) is 23.7. The van der Waals surface area contributed by atoms with Crippen LogP contribution < -0.4 is 10.6 Å². The van der Waals surface area contributed by atoms with Gasteiger partial charge in [-0.25, -0.2) is 13.6 Å². The van der Waals surface area contributed by atoms with Crippen molar-refractivity contribution in [2.45, 2.75) is 50.1 Å². The van der Waals surface area contributed by atoms with Gasteiger partial charge in [0.25, 0.3) is 6.43 Å². The highest BCUT2D eigenvalue weighted by atomic mass is 19.3. The summed E-state index contributed by atoms with van der Waals surface area (Å²) in [4.78, 5) is 36.2. The molecule has 2 amide bonds. The van der Waals surface area contributed by atoms with E-state index < -0.39 is 42.9 Å². The van der Waals surface area contributed by atoms with Crippen LogP contribution in [0, 0.1) is 5.92 Å². The summed E-state index contributed by atoms with van der Waals surface area (Å²) in [6.45, 7) is 0.0531. The van der Waals surface area contributed by atoms with Gasteiger partial charge in [0.15, 0.2) is 0 Å². The molecule has 4 rings (SSSR count). The molecule has 0 heterocycles. The molecule has 34 heavy (non-hydrogen) atoms. The first-order valence-corrected chi connectivity index (χ1v) is 11.3. The van der Waals surface area contributed by atoms with Crippen molar-refractivity contribution >= 4 is 18.0 Å². The van der Waals surface area contributed by atoms with Crippen LogP contribution >= 0.6 is 0 Å². The molecule has 0 saturated heterocycles. The van der Waals surface area contributed by atoms with Crippen molar-refractivity contribution in [2.24, 2.45) is 5.92 Å². The van der Waals surface area contributed by atoms with Crippen LogP contribution in [0.5, 0.6) is 0 Å². The second kappa shape index (κ2) is 10.2. The minimum absolute atomic E-state index is 0.0531. The molecule has 2 aromatic carbocycles. The van der Waals surface area contributed by atoms with Crippen molar-refractivity contribution in [2.75, 3.05) is 6.61 Å². The maximum absolute atomic E-state index is 13.2. The Morgan fingerprint density at radius 3 is 2.06 bits per heavy atom. The average molecular weight is 472 g/mol. The molecule has 9 heteroatoms. The Morgan fingerprint density at radius 2 is 1.56 bits per heavy atom. The Kier molecular flexibility index (Phi) is 7.09. The number of aliphatic carboxylic acids is 1. The zero-order chi connectivity index (χ0) is 24.2. The lowest BCUT2D eigenvalue weighted by atomic mass is 9.79. The summed E-state index contributed by atoms with van der Waals surface area (Å²) in [6.07, 6.45) is -2.61. The molecule has 0 aliphatic heterocycles. The first-order valence-electron chi connectivity index (χ1n) is 11.3. The summed E-state index contributed by atoms with van der Waals surface area (Å²) in [5, 5.41) is 13.4. The van der Waals surface area contributed by atoms with Gasteiger partial charge in [0.05, 0.1) is 6.42 Å². The molecule has 0 radical (unpaired) electrons. The van der Waals surface area contributed by atoms with E-state index in [0.29, 0.717) is 12.8 Å². The Morgan fingerprint density at radius 1 is 0.971 bits per heavy atom. The fourth-order valence-electron chi connectivity index (χ4n) is 4.60. The van der Waals surface area contributed by atoms with Gasteiger partial charge in [0, 0.05) is 5.92 Å². The van der Waals surface area contributed by atoms with E-state index in [1.165, 1.54) is 0 Å². The van der Waals surface area contributed by atoms with E-state index in [0.717, 1.165) is 28.7 Å². The number of rotatable bonds is 9. The van der Waals surface area contributed by atoms with E-state index in [-0.39, 0.29) is 18.4 Å². The van der Waals surface area contributed by atoms with Crippen LogP contribution in [0.2, 0.25) is 0 Å². The number of hydrogen-bond donors (Lipinski definition) is 3. The third kappa shape index (κ3) is 5.03. The molecule has 2 aromatic rings. The van der Waals surface area contributed by atoms with Gasteiger partial charge in [-0.3, -0.25) is 9.59 Å². The maximum Gasteiger partial charge on any atom is 0.407 e. The van der Waals surface area contributed by atoms with E-state index in [4.69, 9.17) is 9.84 Å². The van der Waals surface area contributed by atoms with E-state index in [9.17, 15) is 23.2 Å². The fourth-order valence-corrected chi connectivity index (χ4v) is 4.60. The molecular formula is C25H26F2N2O5.